The lowest BCUT2D eigenvalue weighted by atomic mass is 10.1. The van der Waals surface area contributed by atoms with Gasteiger partial charge in [0.1, 0.15) is 17.2 Å². The third kappa shape index (κ3) is 4.34. The van der Waals surface area contributed by atoms with Gasteiger partial charge >= 0.3 is 0 Å². The van der Waals surface area contributed by atoms with Crippen molar-refractivity contribution >= 4 is 40.3 Å². The van der Waals surface area contributed by atoms with Crippen LogP contribution >= 0.6 is 11.6 Å². The van der Waals surface area contributed by atoms with Crippen molar-refractivity contribution in [2.24, 2.45) is 5.73 Å². The molecule has 11 heteroatoms. The molecule has 1 saturated heterocycles. The molecule has 0 aliphatic carbocycles. The summed E-state index contributed by atoms with van der Waals surface area (Å²) in [5.41, 5.74) is 8.59. The lowest BCUT2D eigenvalue weighted by Crippen LogP contribution is -2.37. The zero-order chi connectivity index (χ0) is 26.3. The molecule has 3 N–H and O–H groups in total. The molecule has 192 valence electrons. The molecule has 5 rings (SSSR count). The molecule has 2 aliphatic rings. The molecule has 10 nitrogen and oxygen atoms in total. The summed E-state index contributed by atoms with van der Waals surface area (Å²) < 4.78 is 9.19. The van der Waals surface area contributed by atoms with Crippen LogP contribution < -0.4 is 11.1 Å². The summed E-state index contributed by atoms with van der Waals surface area (Å²) in [6.45, 7) is 5.29. The van der Waals surface area contributed by atoms with Gasteiger partial charge in [-0.25, -0.2) is 9.67 Å². The van der Waals surface area contributed by atoms with Crippen LogP contribution in [0.1, 0.15) is 46.3 Å². The Morgan fingerprint density at radius 2 is 2.19 bits per heavy atom. The van der Waals surface area contributed by atoms with E-state index in [4.69, 9.17) is 27.1 Å². The Morgan fingerprint density at radius 3 is 2.89 bits per heavy atom. The number of rotatable bonds is 6. The van der Waals surface area contributed by atoms with Crippen LogP contribution in [0.15, 0.2) is 24.8 Å². The van der Waals surface area contributed by atoms with Gasteiger partial charge < -0.3 is 25.3 Å². The standard InChI is InChI=1S/C26H28ClN7O3/c1-4-23(35)33-13-16(11-17(33)14-37-3)34-26(29-2)24(25(28)36)19(31-34)8-7-15-10-20-21(12-18(15)27)32-9-5-6-22(32)30-20/h4,10,12,16-17,29H,1,5-6,9,11,13-14H2,2-3H3,(H2,28,36)/t16-,17+/m0/s1. The Bertz CT molecular complexity index is 1480. The van der Waals surface area contributed by atoms with Gasteiger partial charge in [-0.3, -0.25) is 9.59 Å². The maximum Gasteiger partial charge on any atom is 0.255 e. The molecule has 4 heterocycles. The third-order valence-electron chi connectivity index (χ3n) is 6.96. The first-order valence-corrected chi connectivity index (χ1v) is 12.5. The molecule has 0 bridgehead atoms. The van der Waals surface area contributed by atoms with Crippen LogP contribution in [0.3, 0.4) is 0 Å². The number of carbonyl (C=O) groups excluding carboxylic acids is 2. The van der Waals surface area contributed by atoms with Crippen molar-refractivity contribution < 1.29 is 14.3 Å². The van der Waals surface area contributed by atoms with Crippen LogP contribution in [0.25, 0.3) is 11.0 Å². The molecule has 0 unspecified atom stereocenters. The van der Waals surface area contributed by atoms with Gasteiger partial charge in [0.2, 0.25) is 5.91 Å². The fraction of sp³-hybridized carbons (Fsp3) is 0.385. The normalized spacial score (nSPS) is 18.5. The largest absolute Gasteiger partial charge is 0.383 e. The fourth-order valence-electron chi connectivity index (χ4n) is 5.32. The number of nitrogens with one attached hydrogen (secondary N) is 1. The average Bonchev–Trinajstić information content (AvgIpc) is 3.64. The third-order valence-corrected chi connectivity index (χ3v) is 7.28. The first-order chi connectivity index (χ1) is 17.9. The van der Waals surface area contributed by atoms with E-state index in [1.165, 1.54) is 6.08 Å². The van der Waals surface area contributed by atoms with Gasteiger partial charge in [0.05, 0.1) is 34.7 Å². The van der Waals surface area contributed by atoms with Crippen molar-refractivity contribution in [3.8, 4) is 11.8 Å². The quantitative estimate of drug-likeness (QED) is 0.379. The number of likely N-dealkylation sites (tertiary alicyclic amines) is 1. The first-order valence-electron chi connectivity index (χ1n) is 12.1. The number of primary amides is 1. The first kappa shape index (κ1) is 24.9. The van der Waals surface area contributed by atoms with Crippen LogP contribution in [0.5, 0.6) is 0 Å². The average molecular weight is 522 g/mol. The number of nitrogens with two attached hydrogens (primary N) is 1. The molecule has 3 aromatic rings. The molecule has 2 amide bonds. The molecule has 37 heavy (non-hydrogen) atoms. The second-order valence-corrected chi connectivity index (χ2v) is 9.59. The second-order valence-electron chi connectivity index (χ2n) is 9.18. The number of anilines is 1. The Morgan fingerprint density at radius 1 is 1.38 bits per heavy atom. The minimum atomic E-state index is -0.655. The number of amides is 2. The SMILES string of the molecule is C=CC(=O)N1C[C@@H](n2nc(C#Cc3cc4nc5n(c4cc3Cl)CCC5)c(C(N)=O)c2NC)C[C@@H]1COC. The van der Waals surface area contributed by atoms with Gasteiger partial charge in [0, 0.05) is 39.2 Å². The minimum Gasteiger partial charge on any atom is -0.383 e. The van der Waals surface area contributed by atoms with Gasteiger partial charge in [-0.1, -0.05) is 24.1 Å². The molecule has 0 saturated carbocycles. The number of nitrogens with zero attached hydrogens (tertiary/aromatic N) is 5. The number of imidazole rings is 1. The van der Waals surface area contributed by atoms with Crippen molar-refractivity contribution in [2.45, 2.75) is 37.9 Å². The van der Waals surface area contributed by atoms with Crippen LogP contribution in [0.4, 0.5) is 5.82 Å². The molecule has 0 radical (unpaired) electrons. The highest BCUT2D eigenvalue weighted by Gasteiger charge is 2.37. The lowest BCUT2D eigenvalue weighted by molar-refractivity contribution is -0.127. The molecule has 2 aromatic heterocycles. The lowest BCUT2D eigenvalue weighted by Gasteiger charge is -2.22. The zero-order valence-electron chi connectivity index (χ0n) is 20.8. The van der Waals surface area contributed by atoms with Gasteiger partial charge in [0.25, 0.3) is 5.91 Å². The van der Waals surface area contributed by atoms with Crippen LogP contribution in [0.2, 0.25) is 5.02 Å². The predicted molar refractivity (Wildman–Crippen MR) is 141 cm³/mol. The van der Waals surface area contributed by atoms with Crippen LogP contribution in [-0.4, -0.2) is 69.4 Å². The number of methoxy groups -OCH3 is 1. The van der Waals surface area contributed by atoms with Crippen LogP contribution in [-0.2, 0) is 22.5 Å². The summed E-state index contributed by atoms with van der Waals surface area (Å²) in [5, 5.41) is 8.20. The van der Waals surface area contributed by atoms with E-state index >= 15 is 0 Å². The Balaban J connectivity index is 1.53. The smallest absolute Gasteiger partial charge is 0.255 e. The van der Waals surface area contributed by atoms with Crippen LogP contribution in [0, 0.1) is 11.8 Å². The number of fused-ring (bicyclic) bond motifs is 3. The van der Waals surface area contributed by atoms with E-state index in [1.807, 2.05) is 12.1 Å². The molecule has 2 atom stereocenters. The summed E-state index contributed by atoms with van der Waals surface area (Å²) >= 11 is 6.57. The fourth-order valence-corrected chi connectivity index (χ4v) is 5.52. The van der Waals surface area contributed by atoms with E-state index in [2.05, 4.69) is 33.4 Å². The summed E-state index contributed by atoms with van der Waals surface area (Å²) in [6, 6.07) is 3.38. The van der Waals surface area contributed by atoms with Gasteiger partial charge in [0.15, 0.2) is 5.69 Å². The minimum absolute atomic E-state index is 0.150. The van der Waals surface area contributed by atoms with E-state index in [9.17, 15) is 9.59 Å². The topological polar surface area (TPSA) is 120 Å². The number of halogens is 1. The van der Waals surface area contributed by atoms with Crippen molar-refractivity contribution in [2.75, 3.05) is 32.6 Å². The molecule has 1 fully saturated rings. The van der Waals surface area contributed by atoms with E-state index in [-0.39, 0.29) is 29.2 Å². The van der Waals surface area contributed by atoms with Gasteiger partial charge in [-0.15, -0.1) is 0 Å². The number of hydrogen-bond donors (Lipinski definition) is 2. The summed E-state index contributed by atoms with van der Waals surface area (Å²) in [4.78, 5) is 31.3. The molecule has 1 aromatic carbocycles. The summed E-state index contributed by atoms with van der Waals surface area (Å²) in [7, 11) is 3.28. The van der Waals surface area contributed by atoms with E-state index < -0.39 is 5.91 Å². The van der Waals surface area contributed by atoms with Crippen molar-refractivity contribution in [3.05, 3.63) is 52.5 Å². The molecule has 2 aliphatic heterocycles. The van der Waals surface area contributed by atoms with Crippen molar-refractivity contribution in [3.63, 3.8) is 0 Å². The van der Waals surface area contributed by atoms with Gasteiger partial charge in [-0.05, 0) is 37.0 Å². The monoisotopic (exact) mass is 521 g/mol. The molecular weight excluding hydrogens is 494 g/mol. The Kier molecular flexibility index (Phi) is 6.67. The Hall–Kier alpha value is -3.81. The number of ether oxygens (including phenoxy) is 1. The maximum absolute atomic E-state index is 12.5. The van der Waals surface area contributed by atoms with E-state index in [0.717, 1.165) is 36.2 Å². The van der Waals surface area contributed by atoms with Crippen molar-refractivity contribution in [1.82, 2.24) is 24.2 Å². The van der Waals surface area contributed by atoms with Crippen molar-refractivity contribution in [1.29, 1.82) is 0 Å². The number of aromatic nitrogens is 4. The highest BCUT2D eigenvalue weighted by Crippen LogP contribution is 2.33. The van der Waals surface area contributed by atoms with Gasteiger partial charge in [-0.2, -0.15) is 5.10 Å². The zero-order valence-corrected chi connectivity index (χ0v) is 21.5. The summed E-state index contributed by atoms with van der Waals surface area (Å²) in [6.07, 6.45) is 3.90. The van der Waals surface area contributed by atoms with E-state index in [0.29, 0.717) is 36.0 Å². The number of hydrogen-bond acceptors (Lipinski definition) is 6. The predicted octanol–water partition coefficient (Wildman–Crippen LogP) is 2.35. The maximum atomic E-state index is 12.5. The second kappa shape index (κ2) is 9.92. The van der Waals surface area contributed by atoms with E-state index in [1.54, 1.807) is 23.7 Å². The Labute approximate surface area is 219 Å². The molecule has 0 spiro atoms. The number of benzene rings is 1. The summed E-state index contributed by atoms with van der Waals surface area (Å²) in [5.74, 6) is 6.72. The number of aryl methyl sites for hydroxylation is 2. The highest BCUT2D eigenvalue weighted by atomic mass is 35.5. The highest BCUT2D eigenvalue weighted by molar-refractivity contribution is 6.32. The molecular formula is C26H28ClN7O3. The number of carbonyl (C=O) groups is 2.